The summed E-state index contributed by atoms with van der Waals surface area (Å²) < 4.78 is 2.39. The van der Waals surface area contributed by atoms with Crippen molar-refractivity contribution < 1.29 is 0 Å². The van der Waals surface area contributed by atoms with E-state index in [1.807, 2.05) is 7.05 Å². The lowest BCUT2D eigenvalue weighted by atomic mass is 10.1. The Bertz CT molecular complexity index is 540. The zero-order valence-corrected chi connectivity index (χ0v) is 16.5. The molecule has 0 saturated heterocycles. The third-order valence-electron chi connectivity index (χ3n) is 4.19. The number of guanidine groups is 1. The number of nitrogens with zero attached hydrogens (tertiary/aromatic N) is 4. The highest BCUT2D eigenvalue weighted by Gasteiger charge is 2.23. The zero-order chi connectivity index (χ0) is 17.6. The van der Waals surface area contributed by atoms with E-state index in [4.69, 9.17) is 0 Å². The number of aromatic nitrogens is 3. The van der Waals surface area contributed by atoms with Gasteiger partial charge in [0.15, 0.2) is 11.1 Å². The summed E-state index contributed by atoms with van der Waals surface area (Å²) in [5, 5.41) is 16.6. The predicted molar refractivity (Wildman–Crippen MR) is 102 cm³/mol. The van der Waals surface area contributed by atoms with E-state index in [9.17, 15) is 0 Å². The minimum Gasteiger partial charge on any atom is -0.356 e. The normalized spacial score (nSPS) is 16.6. The van der Waals surface area contributed by atoms with E-state index >= 15 is 0 Å². The lowest BCUT2D eigenvalue weighted by Crippen LogP contribution is -2.47. The van der Waals surface area contributed by atoms with Gasteiger partial charge in [-0.2, -0.15) is 0 Å². The highest BCUT2D eigenvalue weighted by Crippen LogP contribution is 2.33. The van der Waals surface area contributed by atoms with Gasteiger partial charge < -0.3 is 15.2 Å². The fourth-order valence-electron chi connectivity index (χ4n) is 3.13. The van der Waals surface area contributed by atoms with Gasteiger partial charge in [0, 0.05) is 31.6 Å². The highest BCUT2D eigenvalue weighted by atomic mass is 32.2. The van der Waals surface area contributed by atoms with E-state index < -0.39 is 0 Å². The standard InChI is InChI=1S/C17H32N6S/c1-17(2,3)20-15(18-4)19-12-8-11-14-21-22-16(24-5)23(14)13-9-6-7-10-13/h13H,6-12H2,1-5H3,(H2,18,19,20). The van der Waals surface area contributed by atoms with Gasteiger partial charge in [0.05, 0.1) is 0 Å². The molecule has 6 nitrogen and oxygen atoms in total. The summed E-state index contributed by atoms with van der Waals surface area (Å²) in [4.78, 5) is 4.27. The van der Waals surface area contributed by atoms with Gasteiger partial charge in [-0.15, -0.1) is 10.2 Å². The molecule has 0 aromatic carbocycles. The molecule has 1 aliphatic rings. The molecular weight excluding hydrogens is 320 g/mol. The number of hydrogen-bond acceptors (Lipinski definition) is 4. The molecular formula is C17H32N6S. The van der Waals surface area contributed by atoms with Crippen LogP contribution < -0.4 is 10.6 Å². The van der Waals surface area contributed by atoms with Gasteiger partial charge in [-0.1, -0.05) is 24.6 Å². The summed E-state index contributed by atoms with van der Waals surface area (Å²) in [7, 11) is 1.81. The molecule has 136 valence electrons. The van der Waals surface area contributed by atoms with Gasteiger partial charge >= 0.3 is 0 Å². The van der Waals surface area contributed by atoms with E-state index in [1.54, 1.807) is 11.8 Å². The van der Waals surface area contributed by atoms with Crippen LogP contribution in [-0.2, 0) is 6.42 Å². The molecule has 1 saturated carbocycles. The predicted octanol–water partition coefficient (Wildman–Crippen LogP) is 3.01. The first kappa shape index (κ1) is 19.1. The largest absolute Gasteiger partial charge is 0.356 e. The fraction of sp³-hybridized carbons (Fsp3) is 0.824. The summed E-state index contributed by atoms with van der Waals surface area (Å²) in [6.07, 6.45) is 9.23. The Kier molecular flexibility index (Phi) is 6.95. The minimum atomic E-state index is 0.0116. The molecule has 1 aromatic rings. The zero-order valence-electron chi connectivity index (χ0n) is 15.7. The molecule has 7 heteroatoms. The molecule has 0 radical (unpaired) electrons. The molecule has 24 heavy (non-hydrogen) atoms. The van der Waals surface area contributed by atoms with Crippen molar-refractivity contribution in [3.05, 3.63) is 5.82 Å². The summed E-state index contributed by atoms with van der Waals surface area (Å²) >= 11 is 1.70. The Balaban J connectivity index is 1.87. The molecule has 0 bridgehead atoms. The molecule has 0 unspecified atom stereocenters. The smallest absolute Gasteiger partial charge is 0.191 e. The Hall–Kier alpha value is -1.24. The van der Waals surface area contributed by atoms with Crippen molar-refractivity contribution in [3.8, 4) is 0 Å². The Morgan fingerprint density at radius 1 is 1.29 bits per heavy atom. The molecule has 0 spiro atoms. The van der Waals surface area contributed by atoms with Crippen LogP contribution in [0.1, 0.15) is 64.7 Å². The van der Waals surface area contributed by atoms with Gasteiger partial charge in [0.2, 0.25) is 0 Å². The van der Waals surface area contributed by atoms with Crippen LogP contribution >= 0.6 is 11.8 Å². The van der Waals surface area contributed by atoms with Crippen LogP contribution in [0.3, 0.4) is 0 Å². The number of aliphatic imine (C=N–C) groups is 1. The molecule has 1 aromatic heterocycles. The lowest BCUT2D eigenvalue weighted by Gasteiger charge is -2.23. The van der Waals surface area contributed by atoms with Crippen molar-refractivity contribution in [3.63, 3.8) is 0 Å². The number of hydrogen-bond donors (Lipinski definition) is 2. The maximum absolute atomic E-state index is 4.45. The molecule has 0 atom stereocenters. The van der Waals surface area contributed by atoms with Crippen molar-refractivity contribution in [2.75, 3.05) is 19.8 Å². The van der Waals surface area contributed by atoms with Crippen LogP contribution in [0.4, 0.5) is 0 Å². The van der Waals surface area contributed by atoms with Gasteiger partial charge in [0.1, 0.15) is 5.82 Å². The van der Waals surface area contributed by atoms with Crippen LogP contribution in [0.25, 0.3) is 0 Å². The first-order valence-corrected chi connectivity index (χ1v) is 10.1. The van der Waals surface area contributed by atoms with Gasteiger partial charge in [0.25, 0.3) is 0 Å². The van der Waals surface area contributed by atoms with Gasteiger partial charge in [-0.3, -0.25) is 4.99 Å². The molecule has 0 amide bonds. The first-order valence-electron chi connectivity index (χ1n) is 8.91. The van der Waals surface area contributed by atoms with E-state index in [2.05, 4.69) is 57.4 Å². The monoisotopic (exact) mass is 352 g/mol. The molecule has 2 rings (SSSR count). The minimum absolute atomic E-state index is 0.0116. The molecule has 2 N–H and O–H groups in total. The quantitative estimate of drug-likeness (QED) is 0.356. The van der Waals surface area contributed by atoms with Crippen LogP contribution in [0, 0.1) is 0 Å². The van der Waals surface area contributed by atoms with E-state index in [0.29, 0.717) is 6.04 Å². The second-order valence-corrected chi connectivity index (χ2v) is 8.16. The third-order valence-corrected chi connectivity index (χ3v) is 4.84. The second kappa shape index (κ2) is 8.74. The average Bonchev–Trinajstić information content (AvgIpc) is 3.17. The van der Waals surface area contributed by atoms with Crippen molar-refractivity contribution in [2.45, 2.75) is 76.0 Å². The maximum atomic E-state index is 4.45. The highest BCUT2D eigenvalue weighted by molar-refractivity contribution is 7.98. The summed E-state index contributed by atoms with van der Waals surface area (Å²) in [6, 6.07) is 0.598. The third kappa shape index (κ3) is 5.40. The summed E-state index contributed by atoms with van der Waals surface area (Å²) in [5.74, 6) is 1.98. The van der Waals surface area contributed by atoms with Crippen LogP contribution in [-0.4, -0.2) is 46.1 Å². The maximum Gasteiger partial charge on any atom is 0.191 e. The molecule has 1 heterocycles. The van der Waals surface area contributed by atoms with Crippen molar-refractivity contribution in [2.24, 2.45) is 4.99 Å². The van der Waals surface area contributed by atoms with Gasteiger partial charge in [-0.05, 0) is 46.3 Å². The average molecular weight is 353 g/mol. The topological polar surface area (TPSA) is 67.1 Å². The number of nitrogens with one attached hydrogen (secondary N) is 2. The lowest BCUT2D eigenvalue weighted by molar-refractivity contribution is 0.460. The van der Waals surface area contributed by atoms with Crippen molar-refractivity contribution in [1.82, 2.24) is 25.4 Å². The summed E-state index contributed by atoms with van der Waals surface area (Å²) in [5.41, 5.74) is 0.0116. The van der Waals surface area contributed by atoms with E-state index in [-0.39, 0.29) is 5.54 Å². The number of thioether (sulfide) groups is 1. The van der Waals surface area contributed by atoms with Crippen molar-refractivity contribution >= 4 is 17.7 Å². The van der Waals surface area contributed by atoms with E-state index in [0.717, 1.165) is 36.3 Å². The Morgan fingerprint density at radius 2 is 2.00 bits per heavy atom. The van der Waals surface area contributed by atoms with E-state index in [1.165, 1.54) is 25.7 Å². The molecule has 1 fully saturated rings. The van der Waals surface area contributed by atoms with Crippen LogP contribution in [0.5, 0.6) is 0 Å². The van der Waals surface area contributed by atoms with Crippen LogP contribution in [0.15, 0.2) is 10.1 Å². The SMILES string of the molecule is CN=C(NCCCc1nnc(SC)n1C1CCCC1)NC(C)(C)C. The number of aryl methyl sites for hydroxylation is 1. The fourth-order valence-corrected chi connectivity index (χ4v) is 3.71. The number of rotatable bonds is 6. The first-order chi connectivity index (χ1) is 11.4. The summed E-state index contributed by atoms with van der Waals surface area (Å²) in [6.45, 7) is 7.28. The Labute approximate surface area is 150 Å². The molecule has 0 aliphatic heterocycles. The Morgan fingerprint density at radius 3 is 2.58 bits per heavy atom. The van der Waals surface area contributed by atoms with Crippen LogP contribution in [0.2, 0.25) is 0 Å². The van der Waals surface area contributed by atoms with Gasteiger partial charge in [-0.25, -0.2) is 0 Å². The molecule has 1 aliphatic carbocycles. The second-order valence-electron chi connectivity index (χ2n) is 7.39. The van der Waals surface area contributed by atoms with Crippen molar-refractivity contribution in [1.29, 1.82) is 0 Å².